The first kappa shape index (κ1) is 22.0. The molecule has 0 spiro atoms. The molecule has 0 aliphatic heterocycles. The lowest BCUT2D eigenvalue weighted by molar-refractivity contribution is -0.384. The van der Waals surface area contributed by atoms with E-state index in [1.54, 1.807) is 24.3 Å². The van der Waals surface area contributed by atoms with Crippen LogP contribution < -0.4 is 10.1 Å². The molecule has 1 N–H and O–H groups in total. The molecule has 0 atom stereocenters. The summed E-state index contributed by atoms with van der Waals surface area (Å²) in [6.45, 7) is 0.108. The number of ether oxygens (including phenoxy) is 1. The minimum absolute atomic E-state index is 0.00918. The zero-order valence-electron chi connectivity index (χ0n) is 18.0. The van der Waals surface area contributed by atoms with Crippen molar-refractivity contribution in [2.45, 2.75) is 38.3 Å². The molecule has 1 saturated carbocycles. The van der Waals surface area contributed by atoms with Gasteiger partial charge in [0.1, 0.15) is 24.0 Å². The van der Waals surface area contributed by atoms with E-state index in [0.717, 1.165) is 36.5 Å². The maximum atomic E-state index is 12.8. The van der Waals surface area contributed by atoms with E-state index in [-0.39, 0.29) is 29.8 Å². The van der Waals surface area contributed by atoms with Crippen LogP contribution in [0.15, 0.2) is 66.2 Å². The van der Waals surface area contributed by atoms with Gasteiger partial charge in [-0.2, -0.15) is 5.26 Å². The third kappa shape index (κ3) is 5.18. The zero-order chi connectivity index (χ0) is 23.2. The fraction of sp³-hybridized carbons (Fsp3) is 0.231. The minimum Gasteiger partial charge on any atom is -0.488 e. The van der Waals surface area contributed by atoms with Gasteiger partial charge in [0.25, 0.3) is 11.6 Å². The van der Waals surface area contributed by atoms with Crippen LogP contribution in [-0.2, 0) is 11.4 Å². The Morgan fingerprint density at radius 1 is 1.15 bits per heavy atom. The molecule has 0 radical (unpaired) electrons. The molecule has 166 valence electrons. The average Bonchev–Trinajstić information content (AvgIpc) is 3.34. The topological polar surface area (TPSA) is 105 Å². The molecule has 0 unspecified atom stereocenters. The highest BCUT2D eigenvalue weighted by atomic mass is 16.6. The number of fused-ring (bicyclic) bond motifs is 1. The van der Waals surface area contributed by atoms with Gasteiger partial charge in [0.15, 0.2) is 0 Å². The first-order valence-electron chi connectivity index (χ1n) is 10.9. The molecule has 33 heavy (non-hydrogen) atoms. The third-order valence-electron chi connectivity index (χ3n) is 5.79. The maximum Gasteiger partial charge on any atom is 0.269 e. The zero-order valence-corrected chi connectivity index (χ0v) is 18.0. The summed E-state index contributed by atoms with van der Waals surface area (Å²) in [5.41, 5.74) is 1.27. The van der Waals surface area contributed by atoms with Gasteiger partial charge in [0, 0.05) is 23.7 Å². The highest BCUT2D eigenvalue weighted by molar-refractivity contribution is 6.05. The van der Waals surface area contributed by atoms with Crippen molar-refractivity contribution in [2.24, 2.45) is 0 Å². The van der Waals surface area contributed by atoms with Crippen LogP contribution in [0.3, 0.4) is 0 Å². The molecule has 0 bridgehead atoms. The van der Waals surface area contributed by atoms with Gasteiger partial charge in [0.2, 0.25) is 0 Å². The lowest BCUT2D eigenvalue weighted by atomic mass is 10.0. The van der Waals surface area contributed by atoms with Gasteiger partial charge in [-0.25, -0.2) is 0 Å². The number of nitro benzene ring substituents is 1. The van der Waals surface area contributed by atoms with E-state index in [1.165, 1.54) is 12.1 Å². The van der Waals surface area contributed by atoms with Crippen LogP contribution in [0.1, 0.15) is 36.8 Å². The lowest BCUT2D eigenvalue weighted by Crippen LogP contribution is -2.33. The molecule has 1 fully saturated rings. The van der Waals surface area contributed by atoms with Crippen LogP contribution >= 0.6 is 0 Å². The quantitative estimate of drug-likeness (QED) is 0.232. The summed E-state index contributed by atoms with van der Waals surface area (Å²) in [5.74, 6) is 0.101. The van der Waals surface area contributed by atoms with Crippen molar-refractivity contribution in [3.8, 4) is 11.8 Å². The van der Waals surface area contributed by atoms with Crippen LogP contribution in [-0.4, -0.2) is 16.9 Å². The van der Waals surface area contributed by atoms with Crippen molar-refractivity contribution in [3.05, 3.63) is 87.5 Å². The first-order chi connectivity index (χ1) is 16.0. The summed E-state index contributed by atoms with van der Waals surface area (Å²) < 4.78 is 6.02. The molecular weight excluding hydrogens is 418 g/mol. The van der Waals surface area contributed by atoms with Crippen LogP contribution in [0.5, 0.6) is 5.75 Å². The number of amides is 1. The number of hydrogen-bond acceptors (Lipinski definition) is 5. The average molecular weight is 441 g/mol. The number of rotatable bonds is 7. The fourth-order valence-corrected chi connectivity index (χ4v) is 4.10. The molecule has 7 heteroatoms. The van der Waals surface area contributed by atoms with Gasteiger partial charge in [-0.05, 0) is 41.3 Å². The van der Waals surface area contributed by atoms with E-state index in [4.69, 9.17) is 4.74 Å². The predicted molar refractivity (Wildman–Crippen MR) is 125 cm³/mol. The minimum atomic E-state index is -0.449. The number of nitrogens with one attached hydrogen (secondary N) is 1. The monoisotopic (exact) mass is 441 g/mol. The smallest absolute Gasteiger partial charge is 0.269 e. The van der Waals surface area contributed by atoms with Crippen molar-refractivity contribution >= 4 is 28.4 Å². The molecule has 1 amide bonds. The standard InChI is InChI=1S/C26H23N3O4/c27-16-20(26(30)28-21-8-2-3-9-21)15-24-23-11-4-1-7-19(23)12-13-25(24)33-17-18-6-5-10-22(14-18)29(31)32/h1,4-7,10-15,21H,2-3,8-9,17H2,(H,28,30)/b20-15-. The van der Waals surface area contributed by atoms with E-state index in [9.17, 15) is 20.2 Å². The summed E-state index contributed by atoms with van der Waals surface area (Å²) in [6, 6.07) is 19.7. The van der Waals surface area contributed by atoms with E-state index in [2.05, 4.69) is 5.32 Å². The van der Waals surface area contributed by atoms with Crippen molar-refractivity contribution in [3.63, 3.8) is 0 Å². The number of carbonyl (C=O) groups is 1. The maximum absolute atomic E-state index is 12.8. The molecule has 0 aromatic heterocycles. The third-order valence-corrected chi connectivity index (χ3v) is 5.79. The fourth-order valence-electron chi connectivity index (χ4n) is 4.10. The molecule has 0 heterocycles. The van der Waals surface area contributed by atoms with Crippen LogP contribution in [0.25, 0.3) is 16.8 Å². The number of hydrogen-bond donors (Lipinski definition) is 1. The Morgan fingerprint density at radius 3 is 2.70 bits per heavy atom. The number of carbonyl (C=O) groups excluding carboxylic acids is 1. The number of nitriles is 1. The Balaban J connectivity index is 1.67. The van der Waals surface area contributed by atoms with E-state index < -0.39 is 4.92 Å². The predicted octanol–water partition coefficient (Wildman–Crippen LogP) is 5.29. The number of nitrogens with zero attached hydrogens (tertiary/aromatic N) is 2. The summed E-state index contributed by atoms with van der Waals surface area (Å²) in [5, 5.41) is 25.5. The van der Waals surface area contributed by atoms with Gasteiger partial charge >= 0.3 is 0 Å². The summed E-state index contributed by atoms with van der Waals surface area (Å²) in [7, 11) is 0. The Morgan fingerprint density at radius 2 is 1.94 bits per heavy atom. The summed E-state index contributed by atoms with van der Waals surface area (Å²) >= 11 is 0. The first-order valence-corrected chi connectivity index (χ1v) is 10.9. The van der Waals surface area contributed by atoms with Gasteiger partial charge in [0.05, 0.1) is 4.92 Å². The Hall–Kier alpha value is -4.18. The van der Waals surface area contributed by atoms with E-state index in [1.807, 2.05) is 36.4 Å². The Labute approximate surface area is 191 Å². The van der Waals surface area contributed by atoms with Crippen molar-refractivity contribution in [2.75, 3.05) is 0 Å². The molecule has 4 rings (SSSR count). The number of non-ortho nitro benzene ring substituents is 1. The SMILES string of the molecule is N#C/C(=C/c1c(OCc2cccc([N+](=O)[O-])c2)ccc2ccccc12)C(=O)NC1CCCC1. The summed E-state index contributed by atoms with van der Waals surface area (Å²) in [6.07, 6.45) is 5.58. The van der Waals surface area contributed by atoms with Crippen LogP contribution in [0, 0.1) is 21.4 Å². The van der Waals surface area contributed by atoms with Crippen molar-refractivity contribution in [1.29, 1.82) is 5.26 Å². The largest absolute Gasteiger partial charge is 0.488 e. The molecule has 3 aromatic carbocycles. The molecule has 7 nitrogen and oxygen atoms in total. The molecule has 0 saturated heterocycles. The molecule has 1 aliphatic rings. The highest BCUT2D eigenvalue weighted by Gasteiger charge is 2.20. The summed E-state index contributed by atoms with van der Waals surface area (Å²) in [4.78, 5) is 23.4. The Bertz CT molecular complexity index is 1270. The molecule has 3 aromatic rings. The van der Waals surface area contributed by atoms with Crippen LogP contribution in [0.4, 0.5) is 5.69 Å². The van der Waals surface area contributed by atoms with E-state index in [0.29, 0.717) is 16.9 Å². The molecule has 1 aliphatic carbocycles. The van der Waals surface area contributed by atoms with Crippen molar-refractivity contribution < 1.29 is 14.5 Å². The van der Waals surface area contributed by atoms with E-state index >= 15 is 0 Å². The second-order valence-corrected chi connectivity index (χ2v) is 8.04. The number of nitro groups is 1. The highest BCUT2D eigenvalue weighted by Crippen LogP contribution is 2.31. The second kappa shape index (κ2) is 9.96. The van der Waals surface area contributed by atoms with Crippen molar-refractivity contribution in [1.82, 2.24) is 5.32 Å². The normalized spacial score (nSPS) is 14.1. The van der Waals surface area contributed by atoms with Gasteiger partial charge in [-0.15, -0.1) is 0 Å². The van der Waals surface area contributed by atoms with Gasteiger partial charge in [-0.3, -0.25) is 14.9 Å². The Kier molecular flexibility index (Phi) is 6.65. The van der Waals surface area contributed by atoms with Crippen LogP contribution in [0.2, 0.25) is 0 Å². The lowest BCUT2D eigenvalue weighted by Gasteiger charge is -2.14. The van der Waals surface area contributed by atoms with Gasteiger partial charge < -0.3 is 10.1 Å². The number of benzene rings is 3. The second-order valence-electron chi connectivity index (χ2n) is 8.04. The molecular formula is C26H23N3O4. The van der Waals surface area contributed by atoms with Gasteiger partial charge in [-0.1, -0.05) is 55.3 Å².